The van der Waals surface area contributed by atoms with E-state index < -0.39 is 12.2 Å². The number of rotatable bonds is 12. The molecule has 2 saturated carbocycles. The number of aliphatic hydroxyl groups is 2. The van der Waals surface area contributed by atoms with E-state index in [0.29, 0.717) is 23.3 Å². The zero-order chi connectivity index (χ0) is 44.9. The number of nitrogens with two attached hydrogens (primary N) is 1. The fourth-order valence-corrected chi connectivity index (χ4v) is 9.21. The van der Waals surface area contributed by atoms with Gasteiger partial charge in [0.15, 0.2) is 11.3 Å². The van der Waals surface area contributed by atoms with Crippen molar-refractivity contribution in [1.82, 2.24) is 39.0 Å². The number of alkyl halides is 3. The normalized spacial score (nSPS) is 20.4. The molecule has 6 heterocycles. The van der Waals surface area contributed by atoms with Crippen LogP contribution >= 0.6 is 15.9 Å². The van der Waals surface area contributed by atoms with E-state index in [2.05, 4.69) is 58.0 Å². The largest absolute Gasteiger partial charge is 0.486 e. The van der Waals surface area contributed by atoms with Crippen LogP contribution < -0.4 is 15.2 Å². The van der Waals surface area contributed by atoms with E-state index in [1.165, 1.54) is 12.1 Å². The van der Waals surface area contributed by atoms with Crippen LogP contribution in [-0.2, 0) is 0 Å². The molecule has 0 spiro atoms. The second-order valence-electron chi connectivity index (χ2n) is 17.9. The molecule has 4 fully saturated rings. The van der Waals surface area contributed by atoms with Crippen molar-refractivity contribution in [2.24, 2.45) is 5.73 Å². The number of aromatic nitrogens is 6. The van der Waals surface area contributed by atoms with Gasteiger partial charge in [0, 0.05) is 80.7 Å². The topological polar surface area (TPSA) is 152 Å². The molecule has 2 saturated heterocycles. The van der Waals surface area contributed by atoms with Gasteiger partial charge >= 0.3 is 6.18 Å². The minimum absolute atomic E-state index is 0. The first-order valence-corrected chi connectivity index (χ1v) is 22.7. The lowest BCUT2D eigenvalue weighted by Crippen LogP contribution is -2.36. The van der Waals surface area contributed by atoms with Crippen molar-refractivity contribution >= 4 is 27.2 Å². The number of β-amino-alcohol motifs (C(OH)–C–C–N with tert-alkyl or cyclic N) is 2. The SMILES string of the molecule is C.NC(c1cccc(-c2cnn3cc(-c4ccc(OC5(CN6CCC(O)C6)CC5)cc4)cnc23)c1)C(F)(F)F.OC1CCN(CC2(Oc3ccc(-c4cnc5c(Br)cnn5c4)cc3)CC2)C1. The molecule has 0 radical (unpaired) electrons. The first kappa shape index (κ1) is 45.7. The third-order valence-electron chi connectivity index (χ3n) is 12.8. The molecule has 4 aliphatic rings. The van der Waals surface area contributed by atoms with Crippen LogP contribution in [0.5, 0.6) is 11.5 Å². The van der Waals surface area contributed by atoms with Crippen molar-refractivity contribution < 1.29 is 32.9 Å². The van der Waals surface area contributed by atoms with Gasteiger partial charge in [-0.3, -0.25) is 9.80 Å². The summed E-state index contributed by atoms with van der Waals surface area (Å²) in [5, 5.41) is 28.2. The second-order valence-corrected chi connectivity index (χ2v) is 18.7. The van der Waals surface area contributed by atoms with Gasteiger partial charge in [-0.15, -0.1) is 0 Å². The number of likely N-dealkylation sites (tertiary alicyclic amines) is 2. The van der Waals surface area contributed by atoms with Gasteiger partial charge in [-0.1, -0.05) is 49.9 Å². The van der Waals surface area contributed by atoms with Gasteiger partial charge in [0.25, 0.3) is 0 Å². The maximum atomic E-state index is 13.1. The van der Waals surface area contributed by atoms with Crippen LogP contribution in [0.4, 0.5) is 13.2 Å². The lowest BCUT2D eigenvalue weighted by molar-refractivity contribution is -0.149. The summed E-state index contributed by atoms with van der Waals surface area (Å²) < 4.78 is 56.2. The summed E-state index contributed by atoms with van der Waals surface area (Å²) in [7, 11) is 0. The predicted molar refractivity (Wildman–Crippen MR) is 249 cm³/mol. The molecule has 0 bridgehead atoms. The number of hydrogen-bond acceptors (Lipinski definition) is 11. The first-order valence-electron chi connectivity index (χ1n) is 21.9. The second kappa shape index (κ2) is 18.3. The number of hydrogen-bond donors (Lipinski definition) is 3. The van der Waals surface area contributed by atoms with Crippen molar-refractivity contribution in [1.29, 1.82) is 0 Å². The Balaban J connectivity index is 0.000000172. The number of nitrogens with zero attached hydrogens (tertiary/aromatic N) is 8. The quantitative estimate of drug-likeness (QED) is 0.108. The summed E-state index contributed by atoms with van der Waals surface area (Å²) in [4.78, 5) is 13.6. The van der Waals surface area contributed by atoms with Crippen molar-refractivity contribution in [3.05, 3.63) is 120 Å². The smallest absolute Gasteiger partial charge is 0.407 e. The molecule has 66 heavy (non-hydrogen) atoms. The molecule has 2 aliphatic carbocycles. The Morgan fingerprint density at radius 3 is 1.67 bits per heavy atom. The molecule has 7 aromatic rings. The monoisotopic (exact) mass is 967 g/mol. The van der Waals surface area contributed by atoms with Gasteiger partial charge in [0.2, 0.25) is 0 Å². The maximum Gasteiger partial charge on any atom is 0.407 e. The van der Waals surface area contributed by atoms with E-state index in [-0.39, 0.29) is 36.4 Å². The zero-order valence-corrected chi connectivity index (χ0v) is 37.1. The van der Waals surface area contributed by atoms with Crippen LogP contribution in [0.1, 0.15) is 57.6 Å². The van der Waals surface area contributed by atoms with E-state index in [9.17, 15) is 23.4 Å². The summed E-state index contributed by atoms with van der Waals surface area (Å²) in [6, 6.07) is 20.0. The average Bonchev–Trinajstić information content (AvgIpc) is 3.94. The van der Waals surface area contributed by atoms with Crippen molar-refractivity contribution in [2.75, 3.05) is 39.3 Å². The summed E-state index contributed by atoms with van der Waals surface area (Å²) >= 11 is 3.45. The highest BCUT2D eigenvalue weighted by Crippen LogP contribution is 2.43. The molecule has 2 aliphatic heterocycles. The summed E-state index contributed by atoms with van der Waals surface area (Å²) in [5.74, 6) is 1.70. The van der Waals surface area contributed by atoms with Crippen LogP contribution in [-0.4, -0.2) is 118 Å². The van der Waals surface area contributed by atoms with Gasteiger partial charge in [-0.2, -0.15) is 23.4 Å². The van der Waals surface area contributed by atoms with Gasteiger partial charge in [0.05, 0.1) is 29.1 Å². The van der Waals surface area contributed by atoms with Crippen LogP contribution in [0.15, 0.2) is 114 Å². The molecular formula is C49H53BrF3N9O4. The molecule has 3 unspecified atom stereocenters. The highest BCUT2D eigenvalue weighted by Gasteiger charge is 2.48. The zero-order valence-electron chi connectivity index (χ0n) is 35.5. The molecule has 346 valence electrons. The molecule has 3 aromatic carbocycles. The van der Waals surface area contributed by atoms with Crippen LogP contribution in [0.3, 0.4) is 0 Å². The Bertz CT molecular complexity index is 2790. The fraction of sp³-hybridized carbons (Fsp3) is 0.388. The molecule has 11 rings (SSSR count). The number of fused-ring (bicyclic) bond motifs is 2. The minimum atomic E-state index is -4.52. The van der Waals surface area contributed by atoms with Gasteiger partial charge in [-0.25, -0.2) is 19.0 Å². The van der Waals surface area contributed by atoms with E-state index in [1.807, 2.05) is 55.0 Å². The third-order valence-corrected chi connectivity index (χ3v) is 13.3. The van der Waals surface area contributed by atoms with E-state index in [0.717, 1.165) is 115 Å². The molecule has 13 nitrogen and oxygen atoms in total. The Hall–Kier alpha value is -5.43. The van der Waals surface area contributed by atoms with Crippen LogP contribution in [0.2, 0.25) is 0 Å². The number of benzene rings is 3. The lowest BCUT2D eigenvalue weighted by Gasteiger charge is -2.24. The molecule has 3 atom stereocenters. The van der Waals surface area contributed by atoms with Gasteiger partial charge in [-0.05, 0) is 107 Å². The van der Waals surface area contributed by atoms with E-state index >= 15 is 0 Å². The van der Waals surface area contributed by atoms with Crippen molar-refractivity contribution in [3.63, 3.8) is 0 Å². The first-order chi connectivity index (χ1) is 31.3. The average molecular weight is 969 g/mol. The predicted octanol–water partition coefficient (Wildman–Crippen LogP) is 8.38. The highest BCUT2D eigenvalue weighted by molar-refractivity contribution is 9.10. The molecule has 4 aromatic heterocycles. The summed E-state index contributed by atoms with van der Waals surface area (Å²) in [5.41, 5.74) is 11.5. The molecule has 0 amide bonds. The van der Waals surface area contributed by atoms with Crippen molar-refractivity contribution in [3.8, 4) is 44.9 Å². The lowest BCUT2D eigenvalue weighted by atomic mass is 10.0. The summed E-state index contributed by atoms with van der Waals surface area (Å²) in [6.45, 7) is 5.08. The van der Waals surface area contributed by atoms with Crippen molar-refractivity contribution in [2.45, 2.75) is 81.6 Å². The molecular weight excluding hydrogens is 915 g/mol. The minimum Gasteiger partial charge on any atom is -0.486 e. The number of aliphatic hydroxyl groups excluding tert-OH is 2. The molecule has 4 N–H and O–H groups in total. The Morgan fingerprint density at radius 2 is 1.18 bits per heavy atom. The van der Waals surface area contributed by atoms with Crippen LogP contribution in [0, 0.1) is 0 Å². The number of ether oxygens (including phenoxy) is 2. The Labute approximate surface area is 389 Å². The fourth-order valence-electron chi connectivity index (χ4n) is 8.83. The molecule has 17 heteroatoms. The highest BCUT2D eigenvalue weighted by atomic mass is 79.9. The van der Waals surface area contributed by atoms with E-state index in [1.54, 1.807) is 39.8 Å². The van der Waals surface area contributed by atoms with E-state index in [4.69, 9.17) is 15.2 Å². The maximum absolute atomic E-state index is 13.1. The van der Waals surface area contributed by atoms with Gasteiger partial charge in [0.1, 0.15) is 28.7 Å². The summed E-state index contributed by atoms with van der Waals surface area (Å²) in [6.07, 6.45) is 11.7. The van der Waals surface area contributed by atoms with Gasteiger partial charge < -0.3 is 25.4 Å². The van der Waals surface area contributed by atoms with Crippen LogP contribution in [0.25, 0.3) is 44.7 Å². The third kappa shape index (κ3) is 10.1. The Morgan fingerprint density at radius 1 is 0.682 bits per heavy atom. The Kier molecular flexibility index (Phi) is 12.7. The standard InChI is InChI=1S/C28H28F3N5O2.C20H21BrN4O2.CH4/c29-28(30,31)25(32)20-3-1-2-19(12-20)24-14-34-36-15-21(13-33-26(24)36)18-4-6-23(7-5-18)38-27(9-10-27)17-35-11-8-22(37)16-35;21-18-10-23-25-11-15(9-22-19(18)25)14-1-3-17(4-2-14)27-20(6-7-20)13-24-8-5-16(26)12-24;/h1-7,12-15,22,25,37H,8-11,16-17,32H2;1-4,9-11,16,26H,5-8,12-13H2;1H4. The number of halogens is 4.